The normalized spacial score (nSPS) is 19.0. The Kier molecular flexibility index (Phi) is 5.97. The van der Waals surface area contributed by atoms with E-state index in [-0.39, 0.29) is 11.8 Å². The van der Waals surface area contributed by atoms with Gasteiger partial charge in [0.05, 0.1) is 24.9 Å². The van der Waals surface area contributed by atoms with Crippen LogP contribution in [0.3, 0.4) is 0 Å². The molecule has 1 amide bonds. The predicted molar refractivity (Wildman–Crippen MR) is 90.0 cm³/mol. The molecule has 0 saturated carbocycles. The van der Waals surface area contributed by atoms with Crippen molar-refractivity contribution in [2.75, 3.05) is 32.7 Å². The molecule has 0 aromatic carbocycles. The average Bonchev–Trinajstić information content (AvgIpc) is 2.94. The van der Waals surface area contributed by atoms with Crippen LogP contribution < -0.4 is 5.32 Å². The van der Waals surface area contributed by atoms with Gasteiger partial charge in [0.15, 0.2) is 5.76 Å². The molecule has 1 atom stereocenters. The van der Waals surface area contributed by atoms with Crippen molar-refractivity contribution < 1.29 is 9.32 Å². The fourth-order valence-corrected chi connectivity index (χ4v) is 2.65. The number of hydrogen-bond acceptors (Lipinski definition) is 6. The molecule has 1 aliphatic heterocycles. The molecule has 0 radical (unpaired) electrons. The van der Waals surface area contributed by atoms with Crippen LogP contribution in [0, 0.1) is 24.2 Å². The number of carbonyl (C=O) groups is 1. The van der Waals surface area contributed by atoms with Crippen LogP contribution in [0.15, 0.2) is 10.6 Å². The van der Waals surface area contributed by atoms with Crippen molar-refractivity contribution in [2.45, 2.75) is 39.8 Å². The Bertz CT molecular complexity index is 598. The fraction of sp³-hybridized carbons (Fsp3) is 0.706. The zero-order chi connectivity index (χ0) is 17.7. The van der Waals surface area contributed by atoms with Gasteiger partial charge in [0, 0.05) is 32.2 Å². The lowest BCUT2D eigenvalue weighted by Gasteiger charge is -2.34. The second-order valence-electron chi connectivity index (χ2n) is 7.00. The molecule has 0 unspecified atom stereocenters. The van der Waals surface area contributed by atoms with E-state index in [9.17, 15) is 10.1 Å². The molecular weight excluding hydrogens is 306 g/mol. The number of aromatic nitrogens is 1. The van der Waals surface area contributed by atoms with Gasteiger partial charge in [0.2, 0.25) is 5.91 Å². The van der Waals surface area contributed by atoms with Gasteiger partial charge >= 0.3 is 0 Å². The molecule has 0 spiro atoms. The SMILES string of the molecule is Cc1cc(CN2CCN(CC(=O)N[C@@](C)(C#N)C(C)C)CC2)on1. The summed E-state index contributed by atoms with van der Waals surface area (Å²) in [5.74, 6) is 0.848. The lowest BCUT2D eigenvalue weighted by atomic mass is 9.90. The minimum Gasteiger partial charge on any atom is -0.360 e. The second kappa shape index (κ2) is 7.77. The molecular formula is C17H27N5O2. The monoisotopic (exact) mass is 333 g/mol. The molecule has 1 aliphatic rings. The van der Waals surface area contributed by atoms with E-state index in [1.807, 2.05) is 26.8 Å². The summed E-state index contributed by atoms with van der Waals surface area (Å²) < 4.78 is 5.25. The highest BCUT2D eigenvalue weighted by molar-refractivity contribution is 5.79. The molecule has 0 aliphatic carbocycles. The van der Waals surface area contributed by atoms with Gasteiger partial charge in [-0.15, -0.1) is 0 Å². The van der Waals surface area contributed by atoms with E-state index in [0.717, 1.165) is 44.2 Å². The topological polar surface area (TPSA) is 85.4 Å². The highest BCUT2D eigenvalue weighted by Crippen LogP contribution is 2.15. The summed E-state index contributed by atoms with van der Waals surface area (Å²) in [5.41, 5.74) is 0.0780. The minimum atomic E-state index is -0.816. The summed E-state index contributed by atoms with van der Waals surface area (Å²) in [5, 5.41) is 16.1. The zero-order valence-electron chi connectivity index (χ0n) is 15.0. The van der Waals surface area contributed by atoms with E-state index in [2.05, 4.69) is 26.3 Å². The summed E-state index contributed by atoms with van der Waals surface area (Å²) in [6.07, 6.45) is 0. The van der Waals surface area contributed by atoms with Crippen molar-refractivity contribution in [3.05, 3.63) is 17.5 Å². The molecule has 7 heteroatoms. The molecule has 2 heterocycles. The fourth-order valence-electron chi connectivity index (χ4n) is 2.65. The van der Waals surface area contributed by atoms with Gasteiger partial charge in [0.1, 0.15) is 5.54 Å². The molecule has 1 fully saturated rings. The maximum atomic E-state index is 12.2. The van der Waals surface area contributed by atoms with Crippen molar-refractivity contribution in [1.82, 2.24) is 20.3 Å². The summed E-state index contributed by atoms with van der Waals surface area (Å²) in [6, 6.07) is 4.16. The van der Waals surface area contributed by atoms with Gasteiger partial charge in [-0.25, -0.2) is 0 Å². The Morgan fingerprint density at radius 1 is 1.42 bits per heavy atom. The first kappa shape index (κ1) is 18.4. The third-order valence-electron chi connectivity index (χ3n) is 4.67. The van der Waals surface area contributed by atoms with Crippen LogP contribution in [-0.4, -0.2) is 59.1 Å². The third kappa shape index (κ3) is 4.79. The zero-order valence-corrected chi connectivity index (χ0v) is 15.0. The van der Waals surface area contributed by atoms with E-state index < -0.39 is 5.54 Å². The number of hydrogen-bond donors (Lipinski definition) is 1. The van der Waals surface area contributed by atoms with Crippen molar-refractivity contribution in [1.29, 1.82) is 5.26 Å². The molecule has 1 aromatic heterocycles. The largest absolute Gasteiger partial charge is 0.360 e. The maximum absolute atomic E-state index is 12.2. The standard InChI is InChI=1S/C17H27N5O2/c1-13(2)17(4,12-18)19-16(23)11-22-7-5-21(6-8-22)10-15-9-14(3)20-24-15/h9,13H,5-8,10-11H2,1-4H3,(H,19,23)/t17-/m0/s1. The number of nitrogens with zero attached hydrogens (tertiary/aromatic N) is 4. The number of amides is 1. The Balaban J connectivity index is 1.76. The number of piperazine rings is 1. The van der Waals surface area contributed by atoms with Crippen LogP contribution in [0.4, 0.5) is 0 Å². The van der Waals surface area contributed by atoms with Gasteiger partial charge in [-0.05, 0) is 19.8 Å². The number of rotatable bonds is 6. The van der Waals surface area contributed by atoms with Gasteiger partial charge in [0.25, 0.3) is 0 Å². The van der Waals surface area contributed by atoms with E-state index in [4.69, 9.17) is 4.52 Å². The van der Waals surface area contributed by atoms with Crippen LogP contribution in [0.5, 0.6) is 0 Å². The predicted octanol–water partition coefficient (Wildman–Crippen LogP) is 1.16. The Morgan fingerprint density at radius 3 is 2.54 bits per heavy atom. The van der Waals surface area contributed by atoms with E-state index in [1.165, 1.54) is 0 Å². The first-order valence-electron chi connectivity index (χ1n) is 8.41. The lowest BCUT2D eigenvalue weighted by molar-refractivity contribution is -0.124. The van der Waals surface area contributed by atoms with Crippen molar-refractivity contribution in [3.63, 3.8) is 0 Å². The number of nitrogens with one attached hydrogen (secondary N) is 1. The quantitative estimate of drug-likeness (QED) is 0.841. The highest BCUT2D eigenvalue weighted by atomic mass is 16.5. The molecule has 1 N–H and O–H groups in total. The first-order chi connectivity index (χ1) is 11.3. The highest BCUT2D eigenvalue weighted by Gasteiger charge is 2.30. The lowest BCUT2D eigenvalue weighted by Crippen LogP contribution is -2.54. The van der Waals surface area contributed by atoms with Crippen LogP contribution in [0.2, 0.25) is 0 Å². The van der Waals surface area contributed by atoms with Gasteiger partial charge in [-0.3, -0.25) is 14.6 Å². The maximum Gasteiger partial charge on any atom is 0.235 e. The van der Waals surface area contributed by atoms with Crippen molar-refractivity contribution in [3.8, 4) is 6.07 Å². The Morgan fingerprint density at radius 2 is 2.04 bits per heavy atom. The average molecular weight is 333 g/mol. The molecule has 7 nitrogen and oxygen atoms in total. The van der Waals surface area contributed by atoms with Crippen LogP contribution in [0.1, 0.15) is 32.2 Å². The molecule has 1 aromatic rings. The third-order valence-corrected chi connectivity index (χ3v) is 4.67. The van der Waals surface area contributed by atoms with Crippen LogP contribution in [0.25, 0.3) is 0 Å². The summed E-state index contributed by atoms with van der Waals surface area (Å²) in [6.45, 7) is 12.1. The van der Waals surface area contributed by atoms with Gasteiger partial charge in [-0.2, -0.15) is 5.26 Å². The minimum absolute atomic E-state index is 0.0636. The van der Waals surface area contributed by atoms with Gasteiger partial charge < -0.3 is 9.84 Å². The second-order valence-corrected chi connectivity index (χ2v) is 7.00. The molecule has 0 bridgehead atoms. The smallest absolute Gasteiger partial charge is 0.235 e. The van der Waals surface area contributed by atoms with Crippen molar-refractivity contribution >= 4 is 5.91 Å². The van der Waals surface area contributed by atoms with Crippen LogP contribution in [-0.2, 0) is 11.3 Å². The molecule has 132 valence electrons. The van der Waals surface area contributed by atoms with E-state index in [0.29, 0.717) is 6.54 Å². The molecule has 24 heavy (non-hydrogen) atoms. The Labute approximate surface area is 143 Å². The first-order valence-corrected chi connectivity index (χ1v) is 8.41. The molecule has 2 rings (SSSR count). The summed E-state index contributed by atoms with van der Waals surface area (Å²) >= 11 is 0. The number of aryl methyl sites for hydroxylation is 1. The van der Waals surface area contributed by atoms with E-state index in [1.54, 1.807) is 6.92 Å². The van der Waals surface area contributed by atoms with Crippen molar-refractivity contribution in [2.24, 2.45) is 5.92 Å². The summed E-state index contributed by atoms with van der Waals surface area (Å²) in [4.78, 5) is 16.6. The summed E-state index contributed by atoms with van der Waals surface area (Å²) in [7, 11) is 0. The number of carbonyl (C=O) groups excluding carboxylic acids is 1. The van der Waals surface area contributed by atoms with E-state index >= 15 is 0 Å². The Hall–Kier alpha value is -1.91. The molecule has 1 saturated heterocycles. The number of nitriles is 1. The van der Waals surface area contributed by atoms with Crippen LogP contribution >= 0.6 is 0 Å². The van der Waals surface area contributed by atoms with Gasteiger partial charge in [-0.1, -0.05) is 19.0 Å².